The molecule has 3 N–H and O–H groups in total. The van der Waals surface area contributed by atoms with Crippen LogP contribution in [0.4, 0.5) is 11.4 Å². The largest absolute Gasteiger partial charge is 0.324 e. The lowest BCUT2D eigenvalue weighted by atomic mass is 10.1. The summed E-state index contributed by atoms with van der Waals surface area (Å²) in [4.78, 5) is 39.8. The molecular formula is C31H25Br2N3O3S. The predicted octanol–water partition coefficient (Wildman–Crippen LogP) is 7.74. The second-order valence-electron chi connectivity index (χ2n) is 8.64. The Morgan fingerprint density at radius 1 is 0.800 bits per heavy atom. The van der Waals surface area contributed by atoms with Gasteiger partial charge in [0.05, 0.1) is 10.9 Å². The van der Waals surface area contributed by atoms with Crippen molar-refractivity contribution in [3.8, 4) is 0 Å². The van der Waals surface area contributed by atoms with E-state index in [0.717, 1.165) is 19.4 Å². The molecule has 4 aromatic carbocycles. The lowest BCUT2D eigenvalue weighted by Crippen LogP contribution is -2.30. The minimum Gasteiger partial charge on any atom is -0.324 e. The third kappa shape index (κ3) is 8.42. The molecule has 0 fully saturated rings. The van der Waals surface area contributed by atoms with Crippen LogP contribution in [-0.2, 0) is 9.59 Å². The van der Waals surface area contributed by atoms with Gasteiger partial charge in [0.25, 0.3) is 11.8 Å². The van der Waals surface area contributed by atoms with E-state index in [0.29, 0.717) is 16.9 Å². The van der Waals surface area contributed by atoms with E-state index in [-0.39, 0.29) is 11.6 Å². The number of anilines is 2. The molecule has 0 aliphatic rings. The van der Waals surface area contributed by atoms with Gasteiger partial charge < -0.3 is 16.0 Å². The fraction of sp³-hybridized carbons (Fsp3) is 0.0645. The summed E-state index contributed by atoms with van der Waals surface area (Å²) in [6.07, 6.45) is 1.62. The topological polar surface area (TPSA) is 87.3 Å². The zero-order chi connectivity index (χ0) is 28.5. The Morgan fingerprint density at radius 3 is 2.27 bits per heavy atom. The maximum absolute atomic E-state index is 13.4. The third-order valence-corrected chi connectivity index (χ3v) is 7.87. The maximum atomic E-state index is 13.4. The highest BCUT2D eigenvalue weighted by atomic mass is 79.9. The molecule has 0 spiro atoms. The van der Waals surface area contributed by atoms with Crippen LogP contribution in [0.5, 0.6) is 0 Å². The van der Waals surface area contributed by atoms with Crippen LogP contribution < -0.4 is 16.0 Å². The first-order valence-electron chi connectivity index (χ1n) is 12.3. The summed E-state index contributed by atoms with van der Waals surface area (Å²) in [5.41, 5.74) is 2.49. The van der Waals surface area contributed by atoms with E-state index in [1.165, 1.54) is 11.8 Å². The van der Waals surface area contributed by atoms with Crippen LogP contribution in [-0.4, -0.2) is 23.0 Å². The van der Waals surface area contributed by atoms with Gasteiger partial charge >= 0.3 is 0 Å². The summed E-state index contributed by atoms with van der Waals surface area (Å²) in [5.74, 6) is -1.02. The van der Waals surface area contributed by atoms with Gasteiger partial charge in [0.2, 0.25) is 5.91 Å². The summed E-state index contributed by atoms with van der Waals surface area (Å²) in [6, 6.07) is 30.7. The van der Waals surface area contributed by atoms with Gasteiger partial charge in [-0.2, -0.15) is 0 Å². The molecule has 0 saturated carbocycles. The van der Waals surface area contributed by atoms with E-state index < -0.39 is 17.1 Å². The summed E-state index contributed by atoms with van der Waals surface area (Å²) >= 11 is 8.25. The van der Waals surface area contributed by atoms with Crippen molar-refractivity contribution in [2.24, 2.45) is 0 Å². The first kappa shape index (κ1) is 29.3. The summed E-state index contributed by atoms with van der Waals surface area (Å²) in [5, 5.41) is 8.14. The van der Waals surface area contributed by atoms with Gasteiger partial charge in [-0.3, -0.25) is 14.4 Å². The number of hydrogen-bond donors (Lipinski definition) is 3. The van der Waals surface area contributed by atoms with Crippen molar-refractivity contribution in [1.29, 1.82) is 0 Å². The van der Waals surface area contributed by atoms with Crippen molar-refractivity contribution in [3.63, 3.8) is 0 Å². The van der Waals surface area contributed by atoms with Gasteiger partial charge in [-0.15, -0.1) is 11.8 Å². The molecule has 0 aliphatic heterocycles. The zero-order valence-corrected chi connectivity index (χ0v) is 25.3. The molecule has 0 aliphatic carbocycles. The van der Waals surface area contributed by atoms with E-state index in [9.17, 15) is 14.4 Å². The van der Waals surface area contributed by atoms with Crippen molar-refractivity contribution in [2.75, 3.05) is 10.6 Å². The number of para-hydroxylation sites is 1. The SMILES string of the molecule is CC(Sc1cccc(NC(=O)/C(=C\c2cccc(Br)c2)NC(=O)c2ccccc2)c1)C(=O)Nc1ccccc1Br. The molecule has 4 aromatic rings. The van der Waals surface area contributed by atoms with Gasteiger partial charge in [-0.25, -0.2) is 0 Å². The molecule has 40 heavy (non-hydrogen) atoms. The van der Waals surface area contributed by atoms with Gasteiger partial charge in [0.1, 0.15) is 5.70 Å². The first-order valence-corrected chi connectivity index (χ1v) is 14.7. The third-order valence-electron chi connectivity index (χ3n) is 5.59. The van der Waals surface area contributed by atoms with E-state index in [1.807, 2.05) is 67.6 Å². The molecule has 0 bridgehead atoms. The second-order valence-corrected chi connectivity index (χ2v) is 11.8. The number of amides is 3. The molecule has 3 amide bonds. The zero-order valence-electron chi connectivity index (χ0n) is 21.4. The Hall–Kier alpha value is -3.66. The quantitative estimate of drug-likeness (QED) is 0.125. The van der Waals surface area contributed by atoms with E-state index in [2.05, 4.69) is 47.8 Å². The van der Waals surface area contributed by atoms with E-state index >= 15 is 0 Å². The molecule has 0 radical (unpaired) electrons. The molecule has 1 atom stereocenters. The highest BCUT2D eigenvalue weighted by Crippen LogP contribution is 2.28. The number of rotatable bonds is 9. The fourth-order valence-electron chi connectivity index (χ4n) is 3.61. The average Bonchev–Trinajstić information content (AvgIpc) is 2.94. The number of hydrogen-bond acceptors (Lipinski definition) is 4. The Kier molecular flexibility index (Phi) is 10.3. The number of nitrogens with one attached hydrogen (secondary N) is 3. The molecule has 4 rings (SSSR count). The number of carbonyl (C=O) groups excluding carboxylic acids is 3. The van der Waals surface area contributed by atoms with E-state index in [4.69, 9.17) is 0 Å². The standard InChI is InChI=1S/C31H25Br2N3O3S/c1-20(29(37)35-27-16-6-5-15-26(27)33)40-25-14-8-13-24(19-25)34-31(39)28(18-21-9-7-12-23(32)17-21)36-30(38)22-10-3-2-4-11-22/h2-20H,1H3,(H,34,39)(H,35,37)(H,36,38)/b28-18+. The minimum absolute atomic E-state index is 0.0891. The van der Waals surface area contributed by atoms with Crippen LogP contribution in [0, 0.1) is 0 Å². The predicted molar refractivity (Wildman–Crippen MR) is 169 cm³/mol. The molecular weight excluding hydrogens is 654 g/mol. The minimum atomic E-state index is -0.480. The summed E-state index contributed by atoms with van der Waals surface area (Å²) in [7, 11) is 0. The van der Waals surface area contributed by atoms with Crippen LogP contribution in [0.3, 0.4) is 0 Å². The molecule has 1 unspecified atom stereocenters. The Morgan fingerprint density at radius 2 is 1.52 bits per heavy atom. The maximum Gasteiger partial charge on any atom is 0.272 e. The van der Waals surface area contributed by atoms with Crippen LogP contribution in [0.15, 0.2) is 123 Å². The Labute approximate surface area is 253 Å². The highest BCUT2D eigenvalue weighted by molar-refractivity contribution is 9.10. The number of benzene rings is 4. The van der Waals surface area contributed by atoms with Gasteiger partial charge in [-0.05, 0) is 89.1 Å². The normalized spacial score (nSPS) is 11.8. The van der Waals surface area contributed by atoms with Crippen LogP contribution in [0.25, 0.3) is 6.08 Å². The average molecular weight is 679 g/mol. The number of thioether (sulfide) groups is 1. The molecule has 6 nitrogen and oxygen atoms in total. The lowest BCUT2D eigenvalue weighted by Gasteiger charge is -2.14. The summed E-state index contributed by atoms with van der Waals surface area (Å²) in [6.45, 7) is 1.82. The molecule has 202 valence electrons. The van der Waals surface area contributed by atoms with Crippen LogP contribution in [0.2, 0.25) is 0 Å². The number of halogens is 2. The van der Waals surface area contributed by atoms with E-state index in [1.54, 1.807) is 48.5 Å². The van der Waals surface area contributed by atoms with Crippen molar-refractivity contribution >= 4 is 78.8 Å². The second kappa shape index (κ2) is 14.1. The molecule has 0 saturated heterocycles. The smallest absolute Gasteiger partial charge is 0.272 e. The molecule has 9 heteroatoms. The Bertz CT molecular complexity index is 1560. The lowest BCUT2D eigenvalue weighted by molar-refractivity contribution is -0.115. The van der Waals surface area contributed by atoms with Crippen LogP contribution in [0.1, 0.15) is 22.8 Å². The highest BCUT2D eigenvalue weighted by Gasteiger charge is 2.18. The molecule has 0 heterocycles. The Balaban J connectivity index is 1.48. The van der Waals surface area contributed by atoms with Gasteiger partial charge in [0, 0.05) is 25.1 Å². The first-order chi connectivity index (χ1) is 19.3. The van der Waals surface area contributed by atoms with Crippen molar-refractivity contribution in [2.45, 2.75) is 17.1 Å². The van der Waals surface area contributed by atoms with Crippen molar-refractivity contribution in [1.82, 2.24) is 5.32 Å². The summed E-state index contributed by atoms with van der Waals surface area (Å²) < 4.78 is 1.65. The van der Waals surface area contributed by atoms with Gasteiger partial charge in [0.15, 0.2) is 0 Å². The van der Waals surface area contributed by atoms with Crippen LogP contribution >= 0.6 is 43.6 Å². The van der Waals surface area contributed by atoms with Crippen molar-refractivity contribution < 1.29 is 14.4 Å². The van der Waals surface area contributed by atoms with Gasteiger partial charge in [-0.1, -0.05) is 64.5 Å². The number of carbonyl (C=O) groups is 3. The fourth-order valence-corrected chi connectivity index (χ4v) is 5.33. The monoisotopic (exact) mass is 677 g/mol. The molecule has 0 aromatic heterocycles. The van der Waals surface area contributed by atoms with Crippen molar-refractivity contribution in [3.05, 3.63) is 129 Å².